The number of carbonyl (C=O) groups is 1. The molecule has 1 fully saturated rings. The summed E-state index contributed by atoms with van der Waals surface area (Å²) in [5.74, 6) is -0.870. The van der Waals surface area contributed by atoms with Crippen LogP contribution in [0.4, 0.5) is 4.39 Å². The van der Waals surface area contributed by atoms with Gasteiger partial charge in [-0.15, -0.1) is 0 Å². The molecular formula is C24H28BFN2O5. The average Bonchev–Trinajstić information content (AvgIpc) is 3.32. The van der Waals surface area contributed by atoms with Crippen molar-refractivity contribution in [1.82, 2.24) is 9.97 Å². The van der Waals surface area contributed by atoms with E-state index in [0.717, 1.165) is 11.0 Å². The van der Waals surface area contributed by atoms with Gasteiger partial charge >= 0.3 is 13.1 Å². The quantitative estimate of drug-likeness (QED) is 0.435. The van der Waals surface area contributed by atoms with Crippen LogP contribution >= 0.6 is 0 Å². The summed E-state index contributed by atoms with van der Waals surface area (Å²) in [4.78, 5) is 19.5. The van der Waals surface area contributed by atoms with E-state index in [1.807, 2.05) is 27.7 Å². The largest absolute Gasteiger partial charge is 0.494 e. The third-order valence-corrected chi connectivity index (χ3v) is 6.44. The number of ether oxygens (including phenoxy) is 2. The average molecular weight is 454 g/mol. The molecule has 0 saturated carbocycles. The van der Waals surface area contributed by atoms with Crippen molar-refractivity contribution in [3.05, 3.63) is 59.7 Å². The van der Waals surface area contributed by atoms with Gasteiger partial charge in [-0.3, -0.25) is 0 Å². The van der Waals surface area contributed by atoms with Gasteiger partial charge in [0.1, 0.15) is 12.4 Å². The molecule has 2 aromatic carbocycles. The van der Waals surface area contributed by atoms with Crippen molar-refractivity contribution in [2.24, 2.45) is 0 Å². The lowest BCUT2D eigenvalue weighted by Crippen LogP contribution is -2.41. The molecule has 1 aliphatic rings. The van der Waals surface area contributed by atoms with Gasteiger partial charge in [-0.05, 0) is 63.0 Å². The van der Waals surface area contributed by atoms with Crippen LogP contribution < -0.4 is 5.46 Å². The first-order valence-electron chi connectivity index (χ1n) is 10.9. The summed E-state index contributed by atoms with van der Waals surface area (Å²) in [5, 5.41) is 0. The third-order valence-electron chi connectivity index (χ3n) is 6.44. The molecule has 7 nitrogen and oxygen atoms in total. The molecule has 1 N–H and O–H groups in total. The summed E-state index contributed by atoms with van der Waals surface area (Å²) in [5.41, 5.74) is 1.98. The van der Waals surface area contributed by atoms with Crippen molar-refractivity contribution in [1.29, 1.82) is 0 Å². The van der Waals surface area contributed by atoms with Crippen LogP contribution in [0, 0.1) is 5.82 Å². The maximum absolute atomic E-state index is 14.9. The van der Waals surface area contributed by atoms with Crippen molar-refractivity contribution in [2.45, 2.75) is 51.4 Å². The summed E-state index contributed by atoms with van der Waals surface area (Å²) >= 11 is 0. The Balaban J connectivity index is 1.38. The Hall–Kier alpha value is -2.75. The monoisotopic (exact) mass is 454 g/mol. The zero-order valence-electron chi connectivity index (χ0n) is 19.5. The topological polar surface area (TPSA) is 82.7 Å². The summed E-state index contributed by atoms with van der Waals surface area (Å²) < 4.78 is 37.7. The first-order valence-corrected chi connectivity index (χ1v) is 10.9. The summed E-state index contributed by atoms with van der Waals surface area (Å²) in [6.07, 6.45) is 1.31. The number of H-pyrrole nitrogens is 1. The molecule has 0 radical (unpaired) electrons. The standard InChI is InChI=1S/C24H28BFN2O5/c1-23(2)24(3,4)33-25(32-23)17-8-6-15(19(26)12-17)10-18(30-5)13-31-22(29)16-7-9-20-21(11-16)28-14-27-20/h6-9,11-12,14,18H,10,13H2,1-5H3,(H,27,28). The molecule has 4 rings (SSSR count). The van der Waals surface area contributed by atoms with E-state index in [0.29, 0.717) is 16.6 Å². The second-order valence-electron chi connectivity index (χ2n) is 9.23. The SMILES string of the molecule is COC(COC(=O)c1ccc2nc[nH]c2c1)Cc1ccc(B2OC(C)(C)C(C)(C)O2)cc1F. The van der Waals surface area contributed by atoms with E-state index in [1.165, 1.54) is 13.2 Å². The minimum Gasteiger partial charge on any atom is -0.459 e. The van der Waals surface area contributed by atoms with Gasteiger partial charge in [0.05, 0.1) is 40.2 Å². The highest BCUT2D eigenvalue weighted by Crippen LogP contribution is 2.36. The van der Waals surface area contributed by atoms with E-state index in [4.69, 9.17) is 18.8 Å². The summed E-state index contributed by atoms with van der Waals surface area (Å²) in [7, 11) is 0.871. The van der Waals surface area contributed by atoms with E-state index in [2.05, 4.69) is 9.97 Å². The number of rotatable bonds is 7. The maximum Gasteiger partial charge on any atom is 0.494 e. The predicted molar refractivity (Wildman–Crippen MR) is 123 cm³/mol. The van der Waals surface area contributed by atoms with Crippen molar-refractivity contribution in [2.75, 3.05) is 13.7 Å². The van der Waals surface area contributed by atoms with Gasteiger partial charge in [0.15, 0.2) is 0 Å². The van der Waals surface area contributed by atoms with Gasteiger partial charge in [-0.25, -0.2) is 14.2 Å². The molecule has 174 valence electrons. The second kappa shape index (κ2) is 8.89. The number of esters is 1. The van der Waals surface area contributed by atoms with Gasteiger partial charge in [0, 0.05) is 13.5 Å². The molecular weight excluding hydrogens is 426 g/mol. The Morgan fingerprint density at radius 3 is 2.55 bits per heavy atom. The number of imidazole rings is 1. The van der Waals surface area contributed by atoms with Gasteiger partial charge in [-0.1, -0.05) is 12.1 Å². The summed E-state index contributed by atoms with van der Waals surface area (Å²) in [6, 6.07) is 9.99. The number of benzene rings is 2. The molecule has 1 saturated heterocycles. The van der Waals surface area contributed by atoms with E-state index in [9.17, 15) is 9.18 Å². The van der Waals surface area contributed by atoms with Crippen LogP contribution in [-0.4, -0.2) is 54.1 Å². The number of halogens is 1. The molecule has 3 aromatic rings. The minimum atomic E-state index is -0.634. The third kappa shape index (κ3) is 4.80. The van der Waals surface area contributed by atoms with Gasteiger partial charge in [-0.2, -0.15) is 0 Å². The molecule has 1 unspecified atom stereocenters. The fourth-order valence-electron chi connectivity index (χ4n) is 3.62. The van der Waals surface area contributed by atoms with Crippen LogP contribution in [0.1, 0.15) is 43.6 Å². The van der Waals surface area contributed by atoms with Crippen LogP contribution in [0.5, 0.6) is 0 Å². The molecule has 0 spiro atoms. The van der Waals surface area contributed by atoms with Crippen LogP contribution in [0.15, 0.2) is 42.7 Å². The number of hydrogen-bond acceptors (Lipinski definition) is 6. The highest BCUT2D eigenvalue weighted by Gasteiger charge is 2.51. The Labute approximate surface area is 192 Å². The Morgan fingerprint density at radius 1 is 1.15 bits per heavy atom. The first-order chi connectivity index (χ1) is 15.6. The lowest BCUT2D eigenvalue weighted by atomic mass is 9.78. The van der Waals surface area contributed by atoms with E-state index in [-0.39, 0.29) is 18.8 Å². The first kappa shape index (κ1) is 23.4. The molecule has 33 heavy (non-hydrogen) atoms. The van der Waals surface area contributed by atoms with Gasteiger partial charge < -0.3 is 23.8 Å². The van der Waals surface area contributed by atoms with Gasteiger partial charge in [0.2, 0.25) is 0 Å². The second-order valence-corrected chi connectivity index (χ2v) is 9.23. The Bertz CT molecular complexity index is 1150. The number of aromatic amines is 1. The van der Waals surface area contributed by atoms with Gasteiger partial charge in [0.25, 0.3) is 0 Å². The van der Waals surface area contributed by atoms with E-state index in [1.54, 1.807) is 36.7 Å². The normalized spacial score (nSPS) is 17.9. The lowest BCUT2D eigenvalue weighted by Gasteiger charge is -2.32. The molecule has 0 aliphatic carbocycles. The fraction of sp³-hybridized carbons (Fsp3) is 0.417. The van der Waals surface area contributed by atoms with Crippen molar-refractivity contribution >= 4 is 29.6 Å². The van der Waals surface area contributed by atoms with Crippen molar-refractivity contribution in [3.8, 4) is 0 Å². The number of hydrogen-bond donors (Lipinski definition) is 1. The smallest absolute Gasteiger partial charge is 0.459 e. The van der Waals surface area contributed by atoms with Crippen LogP contribution in [0.25, 0.3) is 11.0 Å². The molecule has 1 aliphatic heterocycles. The minimum absolute atomic E-state index is 0.00519. The number of aromatic nitrogens is 2. The highest BCUT2D eigenvalue weighted by molar-refractivity contribution is 6.62. The highest BCUT2D eigenvalue weighted by atomic mass is 19.1. The number of nitrogens with one attached hydrogen (secondary N) is 1. The summed E-state index contributed by atoms with van der Waals surface area (Å²) in [6.45, 7) is 7.81. The molecule has 1 aromatic heterocycles. The van der Waals surface area contributed by atoms with Crippen LogP contribution in [0.3, 0.4) is 0 Å². The molecule has 9 heteroatoms. The number of fused-ring (bicyclic) bond motifs is 1. The molecule has 1 atom stereocenters. The number of carbonyl (C=O) groups excluding carboxylic acids is 1. The zero-order valence-corrected chi connectivity index (χ0v) is 19.5. The molecule has 0 amide bonds. The predicted octanol–water partition coefficient (Wildman–Crippen LogP) is 3.42. The molecule has 2 heterocycles. The molecule has 0 bridgehead atoms. The number of methoxy groups -OCH3 is 1. The van der Waals surface area contributed by atoms with Crippen LogP contribution in [-0.2, 0) is 25.2 Å². The van der Waals surface area contributed by atoms with Crippen molar-refractivity contribution < 1.29 is 28.0 Å². The fourth-order valence-corrected chi connectivity index (χ4v) is 3.62. The zero-order chi connectivity index (χ0) is 23.8. The Kier molecular flexibility index (Phi) is 6.31. The number of nitrogens with zero attached hydrogens (tertiary/aromatic N) is 1. The lowest BCUT2D eigenvalue weighted by molar-refractivity contribution is 0.00578. The maximum atomic E-state index is 14.9. The van der Waals surface area contributed by atoms with E-state index >= 15 is 0 Å². The van der Waals surface area contributed by atoms with Crippen LogP contribution in [0.2, 0.25) is 0 Å². The van der Waals surface area contributed by atoms with Crippen molar-refractivity contribution in [3.63, 3.8) is 0 Å². The van der Waals surface area contributed by atoms with E-state index < -0.39 is 30.4 Å². The Morgan fingerprint density at radius 2 is 1.88 bits per heavy atom.